The van der Waals surface area contributed by atoms with E-state index < -0.39 is 0 Å². The molecular weight excluding hydrogens is 190 g/mol. The highest BCUT2D eigenvalue weighted by atomic mass is 16.5. The van der Waals surface area contributed by atoms with E-state index in [0.29, 0.717) is 12.6 Å². The van der Waals surface area contributed by atoms with Gasteiger partial charge in [-0.05, 0) is 26.0 Å². The molecule has 2 aromatic rings. The van der Waals surface area contributed by atoms with Gasteiger partial charge < -0.3 is 15.5 Å². The lowest BCUT2D eigenvalue weighted by molar-refractivity contribution is 0.229. The second-order valence-corrected chi connectivity index (χ2v) is 4.34. The Labute approximate surface area is 88.5 Å². The van der Waals surface area contributed by atoms with Gasteiger partial charge in [-0.2, -0.15) is 4.98 Å². The Hall–Kier alpha value is -1.55. The Morgan fingerprint density at radius 3 is 2.80 bits per heavy atom. The molecule has 0 unspecified atom stereocenters. The van der Waals surface area contributed by atoms with Crippen LogP contribution in [0.3, 0.4) is 0 Å². The van der Waals surface area contributed by atoms with E-state index in [1.54, 1.807) is 0 Å². The molecule has 0 aliphatic heterocycles. The van der Waals surface area contributed by atoms with Crippen LogP contribution in [0, 0.1) is 0 Å². The number of H-pyrrole nitrogens is 1. The van der Waals surface area contributed by atoms with Gasteiger partial charge >= 0.3 is 0 Å². The minimum Gasteiger partial charge on any atom is -0.463 e. The van der Waals surface area contributed by atoms with Crippen LogP contribution in [0.2, 0.25) is 0 Å². The molecule has 0 saturated carbocycles. The highest BCUT2D eigenvalue weighted by Gasteiger charge is 2.12. The maximum atomic E-state index is 5.81. The first-order valence-corrected chi connectivity index (χ1v) is 4.91. The van der Waals surface area contributed by atoms with Gasteiger partial charge in [0.1, 0.15) is 6.61 Å². The monoisotopic (exact) mass is 205 g/mol. The van der Waals surface area contributed by atoms with E-state index in [0.717, 1.165) is 11.0 Å². The number of benzene rings is 1. The molecule has 0 radical (unpaired) electrons. The van der Waals surface area contributed by atoms with Crippen molar-refractivity contribution < 1.29 is 4.74 Å². The zero-order chi connectivity index (χ0) is 10.9. The maximum Gasteiger partial charge on any atom is 0.294 e. The zero-order valence-electron chi connectivity index (χ0n) is 8.95. The number of nitrogens with two attached hydrogens (primary N) is 1. The van der Waals surface area contributed by atoms with Crippen molar-refractivity contribution in [2.45, 2.75) is 19.4 Å². The van der Waals surface area contributed by atoms with Crippen LogP contribution < -0.4 is 10.5 Å². The molecule has 0 aliphatic rings. The van der Waals surface area contributed by atoms with Crippen molar-refractivity contribution in [1.29, 1.82) is 0 Å². The van der Waals surface area contributed by atoms with Crippen LogP contribution in [0.4, 0.5) is 0 Å². The number of fused-ring (bicyclic) bond motifs is 1. The summed E-state index contributed by atoms with van der Waals surface area (Å²) < 4.78 is 5.46. The third-order valence-electron chi connectivity index (χ3n) is 1.95. The fraction of sp³-hybridized carbons (Fsp3) is 0.364. The molecule has 0 aliphatic carbocycles. The molecule has 2 rings (SSSR count). The van der Waals surface area contributed by atoms with Gasteiger partial charge in [-0.15, -0.1) is 0 Å². The Morgan fingerprint density at radius 2 is 2.13 bits per heavy atom. The second kappa shape index (κ2) is 3.55. The maximum absolute atomic E-state index is 5.81. The molecule has 0 fully saturated rings. The van der Waals surface area contributed by atoms with Crippen molar-refractivity contribution in [3.8, 4) is 6.01 Å². The number of nitrogens with one attached hydrogen (secondary N) is 1. The van der Waals surface area contributed by atoms with Gasteiger partial charge in [0.05, 0.1) is 11.0 Å². The van der Waals surface area contributed by atoms with E-state index >= 15 is 0 Å². The number of ether oxygens (including phenoxy) is 1. The highest BCUT2D eigenvalue weighted by Crippen LogP contribution is 2.15. The van der Waals surface area contributed by atoms with Gasteiger partial charge in [0.15, 0.2) is 0 Å². The molecule has 1 aromatic heterocycles. The fourth-order valence-corrected chi connectivity index (χ4v) is 1.25. The van der Waals surface area contributed by atoms with Gasteiger partial charge in [-0.3, -0.25) is 0 Å². The van der Waals surface area contributed by atoms with E-state index in [2.05, 4.69) is 9.97 Å². The lowest BCUT2D eigenvalue weighted by Gasteiger charge is -2.17. The first kappa shape index (κ1) is 9.98. The fourth-order valence-electron chi connectivity index (χ4n) is 1.25. The molecule has 0 atom stereocenters. The second-order valence-electron chi connectivity index (χ2n) is 4.34. The van der Waals surface area contributed by atoms with Crippen LogP contribution in [-0.4, -0.2) is 22.1 Å². The third kappa shape index (κ3) is 2.47. The summed E-state index contributed by atoms with van der Waals surface area (Å²) >= 11 is 0. The number of aromatic amines is 1. The Morgan fingerprint density at radius 1 is 1.40 bits per heavy atom. The Kier molecular flexibility index (Phi) is 2.36. The number of nitrogens with zero attached hydrogens (tertiary/aromatic N) is 1. The molecule has 4 nitrogen and oxygen atoms in total. The third-order valence-corrected chi connectivity index (χ3v) is 1.95. The summed E-state index contributed by atoms with van der Waals surface area (Å²) in [6, 6.07) is 8.32. The van der Waals surface area contributed by atoms with Gasteiger partial charge in [0.2, 0.25) is 0 Å². The number of hydrogen-bond donors (Lipinski definition) is 2. The number of para-hydroxylation sites is 2. The van der Waals surface area contributed by atoms with Gasteiger partial charge in [0, 0.05) is 5.54 Å². The minimum atomic E-state index is -0.348. The zero-order valence-corrected chi connectivity index (χ0v) is 8.95. The van der Waals surface area contributed by atoms with E-state index in [1.165, 1.54) is 0 Å². The molecule has 0 spiro atoms. The highest BCUT2D eigenvalue weighted by molar-refractivity contribution is 5.75. The van der Waals surface area contributed by atoms with Crippen LogP contribution in [0.1, 0.15) is 13.8 Å². The average Bonchev–Trinajstić information content (AvgIpc) is 2.56. The van der Waals surface area contributed by atoms with E-state index in [4.69, 9.17) is 10.5 Å². The van der Waals surface area contributed by atoms with Crippen LogP contribution in [0.25, 0.3) is 11.0 Å². The minimum absolute atomic E-state index is 0.348. The Balaban J connectivity index is 2.16. The number of hydrogen-bond acceptors (Lipinski definition) is 3. The topological polar surface area (TPSA) is 63.9 Å². The summed E-state index contributed by atoms with van der Waals surface area (Å²) in [5.41, 5.74) is 7.34. The predicted molar refractivity (Wildman–Crippen MR) is 59.9 cm³/mol. The van der Waals surface area contributed by atoms with Crippen LogP contribution in [-0.2, 0) is 0 Å². The van der Waals surface area contributed by atoms with Crippen molar-refractivity contribution in [3.63, 3.8) is 0 Å². The Bertz CT molecular complexity index is 423. The lowest BCUT2D eigenvalue weighted by Crippen LogP contribution is -2.38. The largest absolute Gasteiger partial charge is 0.463 e. The molecule has 1 aromatic carbocycles. The lowest BCUT2D eigenvalue weighted by atomic mass is 10.1. The average molecular weight is 205 g/mol. The number of rotatable bonds is 3. The molecule has 0 saturated heterocycles. The van der Waals surface area contributed by atoms with Crippen LogP contribution >= 0.6 is 0 Å². The summed E-state index contributed by atoms with van der Waals surface area (Å²) in [6.07, 6.45) is 0. The number of imidazole rings is 1. The molecule has 4 heteroatoms. The van der Waals surface area contributed by atoms with Crippen molar-refractivity contribution >= 4 is 11.0 Å². The van der Waals surface area contributed by atoms with Gasteiger partial charge in [0.25, 0.3) is 6.01 Å². The van der Waals surface area contributed by atoms with E-state index in [9.17, 15) is 0 Å². The number of aromatic nitrogens is 2. The smallest absolute Gasteiger partial charge is 0.294 e. The molecule has 15 heavy (non-hydrogen) atoms. The first-order chi connectivity index (χ1) is 7.04. The molecule has 0 amide bonds. The quantitative estimate of drug-likeness (QED) is 0.801. The van der Waals surface area contributed by atoms with Crippen molar-refractivity contribution in [3.05, 3.63) is 24.3 Å². The summed E-state index contributed by atoms with van der Waals surface area (Å²) in [4.78, 5) is 7.36. The summed E-state index contributed by atoms with van der Waals surface area (Å²) in [7, 11) is 0. The molecule has 0 bridgehead atoms. The summed E-state index contributed by atoms with van der Waals surface area (Å²) in [5.74, 6) is 0. The molecule has 80 valence electrons. The van der Waals surface area contributed by atoms with Gasteiger partial charge in [-0.1, -0.05) is 12.1 Å². The standard InChI is InChI=1S/C11H15N3O/c1-11(2,12)7-15-10-13-8-5-3-4-6-9(8)14-10/h3-6H,7,12H2,1-2H3,(H,13,14). The van der Waals surface area contributed by atoms with Crippen molar-refractivity contribution in [1.82, 2.24) is 9.97 Å². The van der Waals surface area contributed by atoms with E-state index in [1.807, 2.05) is 38.1 Å². The molecule has 1 heterocycles. The van der Waals surface area contributed by atoms with Crippen LogP contribution in [0.5, 0.6) is 6.01 Å². The van der Waals surface area contributed by atoms with Crippen LogP contribution in [0.15, 0.2) is 24.3 Å². The molecule has 3 N–H and O–H groups in total. The van der Waals surface area contributed by atoms with Crippen molar-refractivity contribution in [2.75, 3.05) is 6.61 Å². The van der Waals surface area contributed by atoms with Crippen molar-refractivity contribution in [2.24, 2.45) is 5.73 Å². The first-order valence-electron chi connectivity index (χ1n) is 4.91. The predicted octanol–water partition coefficient (Wildman–Crippen LogP) is 1.68. The van der Waals surface area contributed by atoms with E-state index in [-0.39, 0.29) is 5.54 Å². The summed E-state index contributed by atoms with van der Waals surface area (Å²) in [5, 5.41) is 0. The molecular formula is C11H15N3O. The SMILES string of the molecule is CC(C)(N)COc1nc2ccccc2[nH]1. The normalized spacial score (nSPS) is 11.9. The summed E-state index contributed by atoms with van der Waals surface area (Å²) in [6.45, 7) is 4.26. The van der Waals surface area contributed by atoms with Gasteiger partial charge in [-0.25, -0.2) is 0 Å².